The molecule has 0 aliphatic rings. The largest absolute Gasteiger partial charge is 1.00 e. The van der Waals surface area contributed by atoms with Gasteiger partial charge in [0.2, 0.25) is 5.69 Å². The van der Waals surface area contributed by atoms with Crippen molar-refractivity contribution in [2.45, 2.75) is 5.78 Å². The maximum atomic E-state index is 12.2. The molecule has 1 atom stereocenters. The van der Waals surface area contributed by atoms with E-state index in [1.54, 1.807) is 41.2 Å². The Labute approximate surface area is 216 Å². The Morgan fingerprint density at radius 3 is 1.80 bits per heavy atom. The van der Waals surface area contributed by atoms with Gasteiger partial charge in [-0.3, -0.25) is 4.57 Å². The first-order valence-corrected chi connectivity index (χ1v) is 12.3. The number of pyridine rings is 2. The maximum Gasteiger partial charge on any atom is 0.398 e. The van der Waals surface area contributed by atoms with E-state index in [-0.39, 0.29) is 24.8 Å². The Morgan fingerprint density at radius 1 is 0.629 bits per heavy atom. The van der Waals surface area contributed by atoms with E-state index in [4.69, 9.17) is 0 Å². The van der Waals surface area contributed by atoms with Crippen LogP contribution in [0.3, 0.4) is 0 Å². The molecular weight excluding hydrogens is 502 g/mol. The number of hydrogen-bond donors (Lipinski definition) is 2. The first-order valence-electron chi connectivity index (χ1n) is 10.6. The lowest BCUT2D eigenvalue weighted by molar-refractivity contribution is -0.695. The third-order valence-corrected chi connectivity index (χ3v) is 6.96. The van der Waals surface area contributed by atoms with Crippen molar-refractivity contribution in [2.75, 3.05) is 0 Å². The highest BCUT2D eigenvalue weighted by Gasteiger charge is 2.38. The summed E-state index contributed by atoms with van der Waals surface area (Å²) in [5, 5.41) is 2.38. The topological polar surface area (TPSA) is 65.3 Å². The van der Waals surface area contributed by atoms with Gasteiger partial charge in [-0.15, -0.1) is 0 Å². The molecule has 5 aromatic rings. The van der Waals surface area contributed by atoms with Gasteiger partial charge in [0, 0.05) is 35.9 Å². The molecule has 5 rings (SSSR count). The second-order valence-corrected chi connectivity index (χ2v) is 9.57. The van der Waals surface area contributed by atoms with Crippen LogP contribution < -0.4 is 33.9 Å². The van der Waals surface area contributed by atoms with Gasteiger partial charge in [-0.25, -0.2) is 0 Å². The Bertz CT molecular complexity index is 1450. The summed E-state index contributed by atoms with van der Waals surface area (Å²) in [5.74, 6) is -1.06. The monoisotopic (exact) mass is 524 g/mol. The predicted molar refractivity (Wildman–Crippen MR) is 128 cm³/mol. The van der Waals surface area contributed by atoms with E-state index < -0.39 is 13.4 Å². The zero-order valence-electron chi connectivity index (χ0n) is 18.5. The van der Waals surface area contributed by atoms with Crippen molar-refractivity contribution in [1.82, 2.24) is 0 Å². The van der Waals surface area contributed by atoms with Crippen LogP contribution in [-0.2, 0) is 4.57 Å². The molecule has 8 heteroatoms. The lowest BCUT2D eigenvalue weighted by Crippen LogP contribution is -3.00. The van der Waals surface area contributed by atoms with Gasteiger partial charge in [0.05, 0.1) is 5.39 Å². The average Bonchev–Trinajstić information content (AvgIpc) is 2.84. The fraction of sp³-hybridized carbons (Fsp3) is 0.0370. The average molecular weight is 525 g/mol. The molecule has 2 aromatic heterocycles. The van der Waals surface area contributed by atoms with E-state index in [0.29, 0.717) is 5.56 Å². The summed E-state index contributed by atoms with van der Waals surface area (Å²) in [6.45, 7) is 0. The number of halogens is 2. The molecule has 1 unspecified atom stereocenters. The van der Waals surface area contributed by atoms with Crippen LogP contribution in [0.15, 0.2) is 122 Å². The molecule has 178 valence electrons. The van der Waals surface area contributed by atoms with Gasteiger partial charge in [0.15, 0.2) is 24.8 Å². The molecular formula is C27H23Cl2N2O3P. The van der Waals surface area contributed by atoms with Gasteiger partial charge in [-0.05, 0) is 22.6 Å². The van der Waals surface area contributed by atoms with E-state index in [9.17, 15) is 14.4 Å². The third kappa shape index (κ3) is 5.62. The quantitative estimate of drug-likeness (QED) is 0.224. The van der Waals surface area contributed by atoms with E-state index in [0.717, 1.165) is 16.8 Å². The number of aromatic nitrogens is 2. The summed E-state index contributed by atoms with van der Waals surface area (Å²) in [6, 6.07) is 31.2. The van der Waals surface area contributed by atoms with Gasteiger partial charge in [-0.1, -0.05) is 60.7 Å². The van der Waals surface area contributed by atoms with Crippen molar-refractivity contribution in [3.05, 3.63) is 127 Å². The normalized spacial score (nSPS) is 11.8. The zero-order valence-corrected chi connectivity index (χ0v) is 20.9. The number of benzene rings is 3. The van der Waals surface area contributed by atoms with Crippen molar-refractivity contribution in [2.24, 2.45) is 0 Å². The molecule has 2 heterocycles. The summed E-state index contributed by atoms with van der Waals surface area (Å²) >= 11 is 0. The molecule has 35 heavy (non-hydrogen) atoms. The molecule has 2 N–H and O–H groups in total. The van der Waals surface area contributed by atoms with E-state index in [1.165, 1.54) is 10.8 Å². The minimum atomic E-state index is -4.41. The van der Waals surface area contributed by atoms with E-state index >= 15 is 0 Å². The highest BCUT2D eigenvalue weighted by atomic mass is 35.5. The summed E-state index contributed by atoms with van der Waals surface area (Å²) in [6.07, 6.45) is 7.50. The molecule has 0 spiro atoms. The van der Waals surface area contributed by atoms with Crippen LogP contribution in [-0.4, -0.2) is 9.79 Å². The van der Waals surface area contributed by atoms with Crippen LogP contribution in [0.25, 0.3) is 27.6 Å². The zero-order chi connectivity index (χ0) is 22.8. The highest BCUT2D eigenvalue weighted by molar-refractivity contribution is 7.51. The fourth-order valence-electron chi connectivity index (χ4n) is 4.17. The first-order chi connectivity index (χ1) is 16.0. The Morgan fingerprint density at radius 2 is 1.17 bits per heavy atom. The highest BCUT2D eigenvalue weighted by Crippen LogP contribution is 2.49. The molecule has 0 bridgehead atoms. The molecule has 0 radical (unpaired) electrons. The van der Waals surface area contributed by atoms with Crippen molar-refractivity contribution < 1.29 is 48.3 Å². The molecule has 0 fully saturated rings. The van der Waals surface area contributed by atoms with E-state index in [1.807, 2.05) is 54.9 Å². The Hall–Kier alpha value is -3.05. The van der Waals surface area contributed by atoms with Gasteiger partial charge in [0.25, 0.3) is 5.78 Å². The molecule has 0 saturated heterocycles. The van der Waals surface area contributed by atoms with Crippen LogP contribution in [0.5, 0.6) is 0 Å². The number of fused-ring (bicyclic) bond motifs is 1. The Kier molecular flexibility index (Phi) is 8.44. The minimum Gasteiger partial charge on any atom is -1.00 e. The van der Waals surface area contributed by atoms with Crippen molar-refractivity contribution in [1.29, 1.82) is 0 Å². The number of rotatable bonds is 5. The van der Waals surface area contributed by atoms with Crippen LogP contribution in [0, 0.1) is 0 Å². The van der Waals surface area contributed by atoms with Crippen LogP contribution in [0.1, 0.15) is 11.3 Å². The smallest absolute Gasteiger partial charge is 0.398 e. The minimum absolute atomic E-state index is 0. The lowest BCUT2D eigenvalue weighted by atomic mass is 10.1. The van der Waals surface area contributed by atoms with Crippen molar-refractivity contribution in [3.8, 4) is 16.8 Å². The molecule has 0 amide bonds. The van der Waals surface area contributed by atoms with E-state index in [2.05, 4.69) is 34.9 Å². The summed E-state index contributed by atoms with van der Waals surface area (Å²) in [5.41, 5.74) is 3.66. The number of nitrogens with zero attached hydrogens (tertiary/aromatic N) is 2. The van der Waals surface area contributed by atoms with Gasteiger partial charge in [0.1, 0.15) is 0 Å². The molecule has 5 nitrogen and oxygen atoms in total. The van der Waals surface area contributed by atoms with Crippen molar-refractivity contribution in [3.63, 3.8) is 0 Å². The second kappa shape index (κ2) is 11.1. The Balaban J connectivity index is 0.00000171. The third-order valence-electron chi connectivity index (χ3n) is 5.76. The summed E-state index contributed by atoms with van der Waals surface area (Å²) < 4.78 is 15.9. The first kappa shape index (κ1) is 26.6. The summed E-state index contributed by atoms with van der Waals surface area (Å²) in [4.78, 5) is 19.9. The standard InChI is InChI=1S/C27H21N2O3P.2ClH/c30-33(31,32)27(24-8-2-1-3-9-24)29-19-15-22(16-20-29)21-13-17-28(18-14-21)26-12-6-10-23-7-4-5-11-25(23)26;;/h1-20,27H;2*1H. The lowest BCUT2D eigenvalue weighted by Gasteiger charge is -2.14. The molecule has 0 saturated carbocycles. The number of hydrogen-bond acceptors (Lipinski definition) is 1. The van der Waals surface area contributed by atoms with Crippen LogP contribution >= 0.6 is 7.60 Å². The van der Waals surface area contributed by atoms with Crippen LogP contribution in [0.4, 0.5) is 0 Å². The predicted octanol–water partition coefficient (Wildman–Crippen LogP) is -1.20. The summed E-state index contributed by atoms with van der Waals surface area (Å²) in [7, 11) is -4.41. The van der Waals surface area contributed by atoms with Gasteiger partial charge >= 0.3 is 7.60 Å². The second-order valence-electron chi connectivity index (χ2n) is 7.90. The molecule has 0 aliphatic carbocycles. The maximum absolute atomic E-state index is 12.2. The molecule has 3 aromatic carbocycles. The van der Waals surface area contributed by atoms with Gasteiger partial charge in [-0.2, -0.15) is 9.13 Å². The van der Waals surface area contributed by atoms with Gasteiger partial charge < -0.3 is 34.6 Å². The van der Waals surface area contributed by atoms with Crippen LogP contribution in [0.2, 0.25) is 0 Å². The molecule has 0 aliphatic heterocycles. The SMILES string of the molecule is O=P(O)(O)C(c1ccccc1)[n+]1ccc(-c2cc[n+](-c3cccc4ccccc34)cc2)cc1.[Cl-].[Cl-]. The fourth-order valence-corrected chi connectivity index (χ4v) is 5.23. The van der Waals surface area contributed by atoms with Crippen molar-refractivity contribution >= 4 is 18.4 Å².